The Hall–Kier alpha value is -2.44. The quantitative estimate of drug-likeness (QED) is 0.669. The summed E-state index contributed by atoms with van der Waals surface area (Å²) in [4.78, 5) is 26.5. The molecule has 27 heavy (non-hydrogen) atoms. The number of ether oxygens (including phenoxy) is 3. The molecule has 0 spiro atoms. The van der Waals surface area contributed by atoms with Crippen molar-refractivity contribution in [3.63, 3.8) is 0 Å². The normalized spacial score (nSPS) is 16.6. The number of hydrogen-bond donors (Lipinski definition) is 1. The summed E-state index contributed by atoms with van der Waals surface area (Å²) in [5.74, 6) is 1.52. The van der Waals surface area contributed by atoms with E-state index in [0.29, 0.717) is 41.9 Å². The molecule has 2 rings (SSSR count). The molecular formula is C20H30N2O5. The predicted molar refractivity (Wildman–Crippen MR) is 104 cm³/mol. The summed E-state index contributed by atoms with van der Waals surface area (Å²) in [6, 6.07) is 3.45. The van der Waals surface area contributed by atoms with Crippen molar-refractivity contribution >= 4 is 17.5 Å². The van der Waals surface area contributed by atoms with Crippen LogP contribution in [0.3, 0.4) is 0 Å². The fraction of sp³-hybridized carbons (Fsp3) is 0.600. The van der Waals surface area contributed by atoms with E-state index >= 15 is 0 Å². The summed E-state index contributed by atoms with van der Waals surface area (Å²) in [5.41, 5.74) is 0.629. The van der Waals surface area contributed by atoms with Gasteiger partial charge in [0.25, 0.3) is 0 Å². The van der Waals surface area contributed by atoms with Crippen LogP contribution in [0.5, 0.6) is 17.2 Å². The maximum Gasteiger partial charge on any atom is 0.227 e. The first-order valence-electron chi connectivity index (χ1n) is 9.29. The van der Waals surface area contributed by atoms with Crippen LogP contribution in [-0.2, 0) is 9.59 Å². The SMILES string of the molecule is COc1cc(N2CC(C(=O)NCCCC(C)C)CC2=O)cc(OC)c1OC. The number of anilines is 1. The number of rotatable bonds is 9. The van der Waals surface area contributed by atoms with Crippen molar-refractivity contribution in [3.8, 4) is 17.2 Å². The number of carbonyl (C=O) groups is 2. The molecule has 2 amide bonds. The van der Waals surface area contributed by atoms with E-state index in [9.17, 15) is 9.59 Å². The van der Waals surface area contributed by atoms with Gasteiger partial charge in [-0.2, -0.15) is 0 Å². The van der Waals surface area contributed by atoms with Crippen molar-refractivity contribution in [2.24, 2.45) is 11.8 Å². The molecule has 150 valence electrons. The summed E-state index contributed by atoms with van der Waals surface area (Å²) >= 11 is 0. The highest BCUT2D eigenvalue weighted by molar-refractivity contribution is 6.00. The zero-order valence-electron chi connectivity index (χ0n) is 16.8. The topological polar surface area (TPSA) is 77.1 Å². The minimum Gasteiger partial charge on any atom is -0.493 e. The number of nitrogens with zero attached hydrogens (tertiary/aromatic N) is 1. The van der Waals surface area contributed by atoms with E-state index in [1.807, 2.05) is 0 Å². The first kappa shape index (κ1) is 20.9. The van der Waals surface area contributed by atoms with E-state index in [4.69, 9.17) is 14.2 Å². The van der Waals surface area contributed by atoms with Crippen LogP contribution in [-0.4, -0.2) is 46.2 Å². The van der Waals surface area contributed by atoms with Gasteiger partial charge < -0.3 is 24.4 Å². The minimum atomic E-state index is -0.351. The maximum atomic E-state index is 12.5. The highest BCUT2D eigenvalue weighted by atomic mass is 16.5. The second kappa shape index (κ2) is 9.48. The molecule has 0 aliphatic carbocycles. The van der Waals surface area contributed by atoms with Crippen LogP contribution in [0.1, 0.15) is 33.1 Å². The monoisotopic (exact) mass is 378 g/mol. The summed E-state index contributed by atoms with van der Waals surface area (Å²) < 4.78 is 16.0. The third-order valence-corrected chi connectivity index (χ3v) is 4.71. The molecule has 1 N–H and O–H groups in total. The van der Waals surface area contributed by atoms with E-state index in [2.05, 4.69) is 19.2 Å². The van der Waals surface area contributed by atoms with Crippen LogP contribution in [0.4, 0.5) is 5.69 Å². The number of nitrogens with one attached hydrogen (secondary N) is 1. The molecule has 1 aromatic carbocycles. The standard InChI is InChI=1S/C20H30N2O5/c1-13(2)7-6-8-21-20(24)14-9-18(23)22(12-14)15-10-16(25-3)19(27-5)17(11-15)26-4/h10-11,13-14H,6-9,12H2,1-5H3,(H,21,24). The van der Waals surface area contributed by atoms with Crippen LogP contribution >= 0.6 is 0 Å². The molecule has 0 aromatic heterocycles. The van der Waals surface area contributed by atoms with Gasteiger partial charge in [0, 0.05) is 31.6 Å². The first-order valence-corrected chi connectivity index (χ1v) is 9.29. The zero-order valence-corrected chi connectivity index (χ0v) is 16.8. The fourth-order valence-electron chi connectivity index (χ4n) is 3.22. The van der Waals surface area contributed by atoms with Gasteiger partial charge in [-0.05, 0) is 18.8 Å². The van der Waals surface area contributed by atoms with Gasteiger partial charge in [0.05, 0.1) is 32.9 Å². The number of hydrogen-bond acceptors (Lipinski definition) is 5. The van der Waals surface area contributed by atoms with E-state index in [-0.39, 0.29) is 24.2 Å². The van der Waals surface area contributed by atoms with Gasteiger partial charge in [-0.3, -0.25) is 9.59 Å². The molecule has 0 saturated carbocycles. The van der Waals surface area contributed by atoms with Gasteiger partial charge in [0.1, 0.15) is 0 Å². The molecule has 1 aliphatic rings. The molecule has 1 saturated heterocycles. The van der Waals surface area contributed by atoms with Crippen LogP contribution in [0.15, 0.2) is 12.1 Å². The molecule has 1 heterocycles. The molecule has 0 bridgehead atoms. The molecular weight excluding hydrogens is 348 g/mol. The van der Waals surface area contributed by atoms with Crippen LogP contribution in [0.25, 0.3) is 0 Å². The summed E-state index contributed by atoms with van der Waals surface area (Å²) in [6.07, 6.45) is 2.22. The van der Waals surface area contributed by atoms with Gasteiger partial charge in [0.2, 0.25) is 17.6 Å². The Morgan fingerprint density at radius 1 is 1.19 bits per heavy atom. The lowest BCUT2D eigenvalue weighted by atomic mass is 10.1. The van der Waals surface area contributed by atoms with E-state index < -0.39 is 0 Å². The highest BCUT2D eigenvalue weighted by Crippen LogP contribution is 2.42. The van der Waals surface area contributed by atoms with E-state index in [1.54, 1.807) is 17.0 Å². The zero-order chi connectivity index (χ0) is 20.0. The average molecular weight is 378 g/mol. The smallest absolute Gasteiger partial charge is 0.227 e. The van der Waals surface area contributed by atoms with Crippen molar-refractivity contribution in [1.29, 1.82) is 0 Å². The lowest BCUT2D eigenvalue weighted by molar-refractivity contribution is -0.126. The molecule has 1 aliphatic heterocycles. The Bertz CT molecular complexity index is 649. The third kappa shape index (κ3) is 5.05. The Morgan fingerprint density at radius 2 is 1.81 bits per heavy atom. The van der Waals surface area contributed by atoms with Crippen LogP contribution < -0.4 is 24.4 Å². The fourth-order valence-corrected chi connectivity index (χ4v) is 3.22. The summed E-state index contributed by atoms with van der Waals surface area (Å²) in [7, 11) is 4.58. The van der Waals surface area contributed by atoms with Crippen LogP contribution in [0, 0.1) is 11.8 Å². The molecule has 0 radical (unpaired) electrons. The second-order valence-electron chi connectivity index (χ2n) is 7.12. The van der Waals surface area contributed by atoms with Crippen molar-refractivity contribution < 1.29 is 23.8 Å². The Kier molecular flexibility index (Phi) is 7.33. The lowest BCUT2D eigenvalue weighted by Gasteiger charge is -2.20. The third-order valence-electron chi connectivity index (χ3n) is 4.71. The Balaban J connectivity index is 2.08. The van der Waals surface area contributed by atoms with E-state index in [1.165, 1.54) is 21.3 Å². The average Bonchev–Trinajstić information content (AvgIpc) is 3.05. The van der Waals surface area contributed by atoms with Gasteiger partial charge in [-0.25, -0.2) is 0 Å². The van der Waals surface area contributed by atoms with Gasteiger partial charge in [0.15, 0.2) is 11.5 Å². The minimum absolute atomic E-state index is 0.0675. The van der Waals surface area contributed by atoms with Crippen molar-refractivity contribution in [2.75, 3.05) is 39.3 Å². The van der Waals surface area contributed by atoms with Crippen molar-refractivity contribution in [2.45, 2.75) is 33.1 Å². The molecule has 7 nitrogen and oxygen atoms in total. The van der Waals surface area contributed by atoms with Gasteiger partial charge >= 0.3 is 0 Å². The molecule has 1 aromatic rings. The molecule has 1 atom stereocenters. The second-order valence-corrected chi connectivity index (χ2v) is 7.12. The van der Waals surface area contributed by atoms with Crippen molar-refractivity contribution in [1.82, 2.24) is 5.32 Å². The number of methoxy groups -OCH3 is 3. The summed E-state index contributed by atoms with van der Waals surface area (Å²) in [6.45, 7) is 5.30. The molecule has 1 unspecified atom stereocenters. The first-order chi connectivity index (χ1) is 12.9. The lowest BCUT2D eigenvalue weighted by Crippen LogP contribution is -2.33. The van der Waals surface area contributed by atoms with Gasteiger partial charge in [-0.1, -0.05) is 13.8 Å². The largest absolute Gasteiger partial charge is 0.493 e. The molecule has 7 heteroatoms. The number of carbonyl (C=O) groups excluding carboxylic acids is 2. The predicted octanol–water partition coefficient (Wildman–Crippen LogP) is 2.62. The van der Waals surface area contributed by atoms with Crippen LogP contribution in [0.2, 0.25) is 0 Å². The molecule has 1 fully saturated rings. The van der Waals surface area contributed by atoms with Gasteiger partial charge in [-0.15, -0.1) is 0 Å². The van der Waals surface area contributed by atoms with Crippen molar-refractivity contribution in [3.05, 3.63) is 12.1 Å². The maximum absolute atomic E-state index is 12.5. The summed E-state index contributed by atoms with van der Waals surface area (Å²) in [5, 5.41) is 2.95. The highest BCUT2D eigenvalue weighted by Gasteiger charge is 2.35. The Morgan fingerprint density at radius 3 is 2.33 bits per heavy atom. The number of benzene rings is 1. The number of amides is 2. The Labute approximate surface area is 161 Å². The van der Waals surface area contributed by atoms with E-state index in [0.717, 1.165) is 12.8 Å².